The average molecular weight is 167 g/mol. The first kappa shape index (κ1) is 8.77. The van der Waals surface area contributed by atoms with Gasteiger partial charge < -0.3 is 10.2 Å². The first-order chi connectivity index (χ1) is 5.93. The van der Waals surface area contributed by atoms with Gasteiger partial charge in [0.25, 0.3) is 0 Å². The molecule has 0 aromatic rings. The number of hydrogen-bond donors (Lipinski definition) is 1. The Morgan fingerprint density at radius 2 is 2.75 bits per heavy atom. The van der Waals surface area contributed by atoms with Crippen molar-refractivity contribution in [3.8, 4) is 0 Å². The summed E-state index contributed by atoms with van der Waals surface area (Å²) in [6.45, 7) is 3.86. The van der Waals surface area contributed by atoms with Crippen LogP contribution in [0.5, 0.6) is 0 Å². The predicted molar refractivity (Wildman–Crippen MR) is 49.6 cm³/mol. The van der Waals surface area contributed by atoms with Gasteiger partial charge in [-0.1, -0.05) is 11.2 Å². The van der Waals surface area contributed by atoms with Crippen molar-refractivity contribution in [2.45, 2.75) is 6.92 Å². The molecule has 0 spiro atoms. The SMILES string of the molecule is C/C=C/CO/N=C1/CN=CNC1. The smallest absolute Gasteiger partial charge is 0.135 e. The molecule has 12 heavy (non-hydrogen) atoms. The zero-order valence-corrected chi connectivity index (χ0v) is 7.16. The summed E-state index contributed by atoms with van der Waals surface area (Å²) >= 11 is 0. The highest BCUT2D eigenvalue weighted by Gasteiger charge is 2.00. The van der Waals surface area contributed by atoms with E-state index >= 15 is 0 Å². The standard InChI is InChI=1S/C8H13N3O/c1-2-3-4-12-11-8-5-9-7-10-6-8/h2-3,7H,4-6H2,1H3,(H,9,10)/b3-2+. The van der Waals surface area contributed by atoms with Gasteiger partial charge >= 0.3 is 0 Å². The van der Waals surface area contributed by atoms with E-state index < -0.39 is 0 Å². The van der Waals surface area contributed by atoms with Crippen molar-refractivity contribution < 1.29 is 4.84 Å². The van der Waals surface area contributed by atoms with Gasteiger partial charge in [0.1, 0.15) is 6.61 Å². The van der Waals surface area contributed by atoms with Gasteiger partial charge in [-0.2, -0.15) is 0 Å². The molecule has 0 atom stereocenters. The Morgan fingerprint density at radius 3 is 3.42 bits per heavy atom. The minimum atomic E-state index is 0.531. The number of nitrogens with zero attached hydrogens (tertiary/aromatic N) is 2. The third kappa shape index (κ3) is 3.18. The summed E-state index contributed by atoms with van der Waals surface area (Å²) in [6.07, 6.45) is 5.52. The molecule has 66 valence electrons. The van der Waals surface area contributed by atoms with Crippen LogP contribution in [0.2, 0.25) is 0 Å². The molecule has 1 aliphatic heterocycles. The van der Waals surface area contributed by atoms with Crippen LogP contribution in [-0.4, -0.2) is 31.7 Å². The van der Waals surface area contributed by atoms with E-state index in [4.69, 9.17) is 4.84 Å². The van der Waals surface area contributed by atoms with Crippen LogP contribution in [0.25, 0.3) is 0 Å². The zero-order chi connectivity index (χ0) is 8.65. The summed E-state index contributed by atoms with van der Waals surface area (Å²) in [5.41, 5.74) is 0.932. The van der Waals surface area contributed by atoms with E-state index in [1.807, 2.05) is 19.1 Å². The summed E-state index contributed by atoms with van der Waals surface area (Å²) in [6, 6.07) is 0. The van der Waals surface area contributed by atoms with Crippen LogP contribution < -0.4 is 5.32 Å². The van der Waals surface area contributed by atoms with Gasteiger partial charge in [-0.15, -0.1) is 0 Å². The van der Waals surface area contributed by atoms with E-state index in [0.29, 0.717) is 13.2 Å². The lowest BCUT2D eigenvalue weighted by molar-refractivity contribution is 0.173. The van der Waals surface area contributed by atoms with E-state index in [1.165, 1.54) is 0 Å². The normalized spacial score (nSPS) is 19.9. The van der Waals surface area contributed by atoms with Gasteiger partial charge in [0.05, 0.1) is 25.1 Å². The van der Waals surface area contributed by atoms with Crippen LogP contribution in [0.4, 0.5) is 0 Å². The number of hydrogen-bond acceptors (Lipinski definition) is 4. The van der Waals surface area contributed by atoms with E-state index in [0.717, 1.165) is 12.3 Å². The van der Waals surface area contributed by atoms with Crippen LogP contribution in [0, 0.1) is 0 Å². The molecule has 0 aromatic heterocycles. The minimum absolute atomic E-state index is 0.531. The molecule has 0 saturated heterocycles. The molecule has 0 amide bonds. The zero-order valence-electron chi connectivity index (χ0n) is 7.16. The Bertz CT molecular complexity index is 208. The van der Waals surface area contributed by atoms with Gasteiger partial charge in [-0.25, -0.2) is 0 Å². The second-order valence-corrected chi connectivity index (χ2v) is 2.37. The summed E-state index contributed by atoms with van der Waals surface area (Å²) in [5, 5.41) is 6.87. The fraction of sp³-hybridized carbons (Fsp3) is 0.500. The maximum atomic E-state index is 5.00. The summed E-state index contributed by atoms with van der Waals surface area (Å²) in [7, 11) is 0. The molecule has 1 aliphatic rings. The number of oxime groups is 1. The van der Waals surface area contributed by atoms with Crippen molar-refractivity contribution in [1.29, 1.82) is 0 Å². The number of aliphatic imine (C=N–C) groups is 1. The topological polar surface area (TPSA) is 46.0 Å². The van der Waals surface area contributed by atoms with Gasteiger partial charge in [0.2, 0.25) is 0 Å². The number of rotatable bonds is 3. The van der Waals surface area contributed by atoms with E-state index in [-0.39, 0.29) is 0 Å². The number of nitrogens with one attached hydrogen (secondary N) is 1. The van der Waals surface area contributed by atoms with Crippen LogP contribution in [-0.2, 0) is 4.84 Å². The molecule has 1 rings (SSSR count). The van der Waals surface area contributed by atoms with Crippen LogP contribution in [0.3, 0.4) is 0 Å². The molecular weight excluding hydrogens is 154 g/mol. The van der Waals surface area contributed by atoms with Crippen molar-refractivity contribution in [3.63, 3.8) is 0 Å². The lowest BCUT2D eigenvalue weighted by Crippen LogP contribution is -2.28. The second-order valence-electron chi connectivity index (χ2n) is 2.37. The Morgan fingerprint density at radius 1 is 1.83 bits per heavy atom. The average Bonchev–Trinajstić information content (AvgIpc) is 2.14. The maximum Gasteiger partial charge on any atom is 0.135 e. The lowest BCUT2D eigenvalue weighted by atomic mass is 10.3. The molecule has 1 heterocycles. The Balaban J connectivity index is 2.22. The molecule has 0 fully saturated rings. The maximum absolute atomic E-state index is 5.00. The van der Waals surface area contributed by atoms with E-state index in [9.17, 15) is 0 Å². The van der Waals surface area contributed by atoms with E-state index in [1.54, 1.807) is 6.34 Å². The molecule has 0 bridgehead atoms. The van der Waals surface area contributed by atoms with Gasteiger partial charge in [0, 0.05) is 0 Å². The molecule has 4 nitrogen and oxygen atoms in total. The highest BCUT2D eigenvalue weighted by molar-refractivity contribution is 5.92. The minimum Gasteiger partial charge on any atom is -0.392 e. The van der Waals surface area contributed by atoms with Crippen molar-refractivity contribution in [3.05, 3.63) is 12.2 Å². The van der Waals surface area contributed by atoms with E-state index in [2.05, 4.69) is 15.5 Å². The van der Waals surface area contributed by atoms with Crippen molar-refractivity contribution >= 4 is 12.1 Å². The fourth-order valence-electron chi connectivity index (χ4n) is 0.764. The molecule has 0 aromatic carbocycles. The second kappa shape index (κ2) is 5.35. The predicted octanol–water partition coefficient (Wildman–Crippen LogP) is 0.567. The summed E-state index contributed by atoms with van der Waals surface area (Å²) < 4.78 is 0. The lowest BCUT2D eigenvalue weighted by Gasteiger charge is -2.07. The molecule has 0 unspecified atom stereocenters. The monoisotopic (exact) mass is 167 g/mol. The van der Waals surface area contributed by atoms with Gasteiger partial charge in [-0.3, -0.25) is 4.99 Å². The summed E-state index contributed by atoms with van der Waals surface area (Å²) in [4.78, 5) is 8.99. The Labute approximate surface area is 72.0 Å². The van der Waals surface area contributed by atoms with Gasteiger partial charge in [0.15, 0.2) is 0 Å². The van der Waals surface area contributed by atoms with Crippen molar-refractivity contribution in [2.75, 3.05) is 19.7 Å². The first-order valence-corrected chi connectivity index (χ1v) is 3.94. The Kier molecular flexibility index (Phi) is 3.91. The largest absolute Gasteiger partial charge is 0.392 e. The highest BCUT2D eigenvalue weighted by Crippen LogP contribution is 1.86. The van der Waals surface area contributed by atoms with Crippen LogP contribution in [0.15, 0.2) is 22.3 Å². The van der Waals surface area contributed by atoms with Crippen molar-refractivity contribution in [1.82, 2.24) is 5.32 Å². The number of allylic oxidation sites excluding steroid dienone is 1. The highest BCUT2D eigenvalue weighted by atomic mass is 16.6. The quantitative estimate of drug-likeness (QED) is 0.379. The van der Waals surface area contributed by atoms with Gasteiger partial charge in [-0.05, 0) is 13.0 Å². The van der Waals surface area contributed by atoms with Crippen LogP contribution in [0.1, 0.15) is 6.92 Å². The third-order valence-electron chi connectivity index (χ3n) is 1.36. The fourth-order valence-corrected chi connectivity index (χ4v) is 0.764. The molecule has 1 N–H and O–H groups in total. The molecule has 0 radical (unpaired) electrons. The first-order valence-electron chi connectivity index (χ1n) is 3.94. The Hall–Kier alpha value is -1.32. The molecule has 4 heteroatoms. The molecular formula is C8H13N3O. The van der Waals surface area contributed by atoms with Crippen molar-refractivity contribution in [2.24, 2.45) is 10.1 Å². The van der Waals surface area contributed by atoms with Crippen LogP contribution >= 0.6 is 0 Å². The molecule has 0 saturated carbocycles. The molecule has 0 aliphatic carbocycles. The summed E-state index contributed by atoms with van der Waals surface area (Å²) in [5.74, 6) is 0. The third-order valence-corrected chi connectivity index (χ3v) is 1.36.